The molecule has 4 aliphatic rings. The third kappa shape index (κ3) is 2.72. The molecule has 2 aliphatic carbocycles. The Bertz CT molecular complexity index is 955. The van der Waals surface area contributed by atoms with Crippen LogP contribution in [-0.4, -0.2) is 52.6 Å². The van der Waals surface area contributed by atoms with Crippen LogP contribution in [0.3, 0.4) is 0 Å². The van der Waals surface area contributed by atoms with Crippen molar-refractivity contribution in [3.63, 3.8) is 0 Å². The summed E-state index contributed by atoms with van der Waals surface area (Å²) in [7, 11) is 0. The predicted molar refractivity (Wildman–Crippen MR) is 105 cm³/mol. The summed E-state index contributed by atoms with van der Waals surface area (Å²) in [5, 5.41) is 9.22. The lowest BCUT2D eigenvalue weighted by atomic mass is 9.92. The van der Waals surface area contributed by atoms with Crippen LogP contribution in [0.15, 0.2) is 0 Å². The molecule has 0 amide bonds. The van der Waals surface area contributed by atoms with Crippen LogP contribution in [0.2, 0.25) is 0 Å². The molecule has 170 valence electrons. The van der Waals surface area contributed by atoms with Crippen molar-refractivity contribution in [2.75, 3.05) is 29.4 Å². The number of alkyl halides is 4. The van der Waals surface area contributed by atoms with E-state index in [0.717, 1.165) is 0 Å². The maximum absolute atomic E-state index is 14.8. The van der Waals surface area contributed by atoms with Gasteiger partial charge in [-0.15, -0.1) is 0 Å². The van der Waals surface area contributed by atoms with Gasteiger partial charge in [0.25, 0.3) is 11.8 Å². The van der Waals surface area contributed by atoms with Crippen LogP contribution in [0.25, 0.3) is 0 Å². The molecule has 6 nitrogen and oxygen atoms in total. The van der Waals surface area contributed by atoms with Crippen LogP contribution in [0.1, 0.15) is 51.3 Å². The Kier molecular flexibility index (Phi) is 4.02. The normalized spacial score (nSPS) is 37.1. The average molecular weight is 442 g/mol. The lowest BCUT2D eigenvalue weighted by Gasteiger charge is -2.46. The molecule has 0 radical (unpaired) electrons. The monoisotopic (exact) mass is 442 g/mol. The van der Waals surface area contributed by atoms with E-state index in [-0.39, 0.29) is 41.2 Å². The number of rotatable bonds is 4. The van der Waals surface area contributed by atoms with Crippen molar-refractivity contribution < 1.29 is 27.5 Å². The number of nitrogens with zero attached hydrogens (tertiary/aromatic N) is 4. The van der Waals surface area contributed by atoms with Crippen molar-refractivity contribution in [3.8, 4) is 0 Å². The highest BCUT2D eigenvalue weighted by Crippen LogP contribution is 2.74. The summed E-state index contributed by atoms with van der Waals surface area (Å²) in [6.07, 6.45) is 0.469. The van der Waals surface area contributed by atoms with Gasteiger partial charge in [-0.3, -0.25) is 4.79 Å². The van der Waals surface area contributed by atoms with Crippen LogP contribution in [0.5, 0.6) is 0 Å². The van der Waals surface area contributed by atoms with Crippen molar-refractivity contribution in [1.82, 2.24) is 9.97 Å². The molecule has 2 aliphatic heterocycles. The Balaban J connectivity index is 1.52. The van der Waals surface area contributed by atoms with E-state index >= 15 is 0 Å². The number of piperidine rings is 1. The molecule has 4 atom stereocenters. The van der Waals surface area contributed by atoms with Gasteiger partial charge in [0.15, 0.2) is 0 Å². The molecule has 0 spiro atoms. The fourth-order valence-corrected chi connectivity index (χ4v) is 6.12. The maximum atomic E-state index is 14.8. The highest BCUT2D eigenvalue weighted by atomic mass is 19.3. The summed E-state index contributed by atoms with van der Waals surface area (Å²) < 4.78 is 57.1. The first-order chi connectivity index (χ1) is 14.3. The Morgan fingerprint density at radius 2 is 1.77 bits per heavy atom. The first kappa shape index (κ1) is 20.8. The fraction of sp³-hybridized carbons (Fsp3) is 0.762. The number of aliphatic carboxylic acids is 1. The standard InChI is InChI=1S/C21H26F4N4O2/c1-11-21(24,25)10-29(11)17-26-15-12(5-4-6-20(15,22)23)16(27-17)28-8-18(2)13(7-14(30)31)19(18,3)9-28/h11,13H,4-10H2,1-3H3,(H,30,31)/t11-,13?,18+,19?/m1/s1. The largest absolute Gasteiger partial charge is 0.481 e. The van der Waals surface area contributed by atoms with E-state index in [2.05, 4.69) is 9.97 Å². The second-order valence-electron chi connectivity index (χ2n) is 10.1. The van der Waals surface area contributed by atoms with E-state index < -0.39 is 30.4 Å². The minimum Gasteiger partial charge on any atom is -0.481 e. The third-order valence-electron chi connectivity index (χ3n) is 8.43. The van der Waals surface area contributed by atoms with Gasteiger partial charge in [-0.25, -0.2) is 13.8 Å². The molecule has 1 aromatic rings. The molecule has 3 fully saturated rings. The van der Waals surface area contributed by atoms with Gasteiger partial charge < -0.3 is 14.9 Å². The SMILES string of the molecule is C[C@H]1N(c2nc(N3CC4(C)C(CC(=O)O)[C@]4(C)C3)c3c(n2)C(F)(F)CCC3)CC1(F)F. The molecule has 1 aromatic heterocycles. The average Bonchev–Trinajstić information content (AvgIpc) is 2.95. The lowest BCUT2D eigenvalue weighted by Crippen LogP contribution is -2.64. The number of carbonyl (C=O) groups is 1. The van der Waals surface area contributed by atoms with Crippen LogP contribution < -0.4 is 9.80 Å². The molecule has 5 rings (SSSR count). The van der Waals surface area contributed by atoms with Gasteiger partial charge in [0.05, 0.1) is 12.6 Å². The number of carboxylic acid groups (broad SMARTS) is 1. The van der Waals surface area contributed by atoms with Gasteiger partial charge in [0.1, 0.15) is 11.5 Å². The minimum atomic E-state index is -3.13. The second kappa shape index (κ2) is 6.01. The fourth-order valence-electron chi connectivity index (χ4n) is 6.12. The summed E-state index contributed by atoms with van der Waals surface area (Å²) in [5.41, 5.74) is -0.461. The van der Waals surface area contributed by atoms with Crippen molar-refractivity contribution in [1.29, 1.82) is 0 Å². The Morgan fingerprint density at radius 1 is 1.13 bits per heavy atom. The predicted octanol–water partition coefficient (Wildman–Crippen LogP) is 3.69. The zero-order valence-electron chi connectivity index (χ0n) is 17.8. The van der Waals surface area contributed by atoms with Gasteiger partial charge >= 0.3 is 5.97 Å². The topological polar surface area (TPSA) is 69.6 Å². The highest BCUT2D eigenvalue weighted by molar-refractivity contribution is 5.69. The van der Waals surface area contributed by atoms with Crippen LogP contribution >= 0.6 is 0 Å². The van der Waals surface area contributed by atoms with Crippen molar-refractivity contribution >= 4 is 17.7 Å². The van der Waals surface area contributed by atoms with Crippen LogP contribution in [0.4, 0.5) is 29.3 Å². The molecular formula is C21H26F4N4O2. The Labute approximate surface area is 177 Å². The molecule has 2 saturated heterocycles. The summed E-state index contributed by atoms with van der Waals surface area (Å²) in [6, 6.07) is -1.16. The number of aromatic nitrogens is 2. The molecule has 1 saturated carbocycles. The Hall–Kier alpha value is -2.13. The van der Waals surface area contributed by atoms with E-state index in [1.807, 2.05) is 18.7 Å². The maximum Gasteiger partial charge on any atom is 0.303 e. The molecule has 3 heterocycles. The van der Waals surface area contributed by atoms with E-state index in [1.165, 1.54) is 11.8 Å². The number of halogens is 4. The highest BCUT2D eigenvalue weighted by Gasteiger charge is 2.75. The molecule has 31 heavy (non-hydrogen) atoms. The third-order valence-corrected chi connectivity index (χ3v) is 8.43. The molecular weight excluding hydrogens is 416 g/mol. The van der Waals surface area contributed by atoms with Crippen molar-refractivity contribution in [2.45, 2.75) is 64.3 Å². The smallest absolute Gasteiger partial charge is 0.303 e. The molecule has 10 heteroatoms. The number of carboxylic acids is 1. The number of hydrogen-bond donors (Lipinski definition) is 1. The van der Waals surface area contributed by atoms with Crippen LogP contribution in [0, 0.1) is 16.7 Å². The molecule has 0 bridgehead atoms. The van der Waals surface area contributed by atoms with Gasteiger partial charge in [-0.05, 0) is 36.5 Å². The van der Waals surface area contributed by atoms with Gasteiger partial charge in [0.2, 0.25) is 5.95 Å². The van der Waals surface area contributed by atoms with E-state index in [4.69, 9.17) is 0 Å². The number of anilines is 2. The summed E-state index contributed by atoms with van der Waals surface area (Å²) in [6.45, 7) is 5.81. The first-order valence-electron chi connectivity index (χ1n) is 10.7. The van der Waals surface area contributed by atoms with Crippen molar-refractivity contribution in [3.05, 3.63) is 11.3 Å². The quantitative estimate of drug-likeness (QED) is 0.718. The number of hydrogen-bond acceptors (Lipinski definition) is 5. The number of fused-ring (bicyclic) bond motifs is 2. The summed E-state index contributed by atoms with van der Waals surface area (Å²) in [5.74, 6) is -6.54. The minimum absolute atomic E-state index is 0.0152. The zero-order chi connectivity index (χ0) is 22.6. The molecule has 0 aromatic carbocycles. The van der Waals surface area contributed by atoms with E-state index in [0.29, 0.717) is 37.3 Å². The van der Waals surface area contributed by atoms with Gasteiger partial charge in [-0.1, -0.05) is 13.8 Å². The van der Waals surface area contributed by atoms with E-state index in [1.54, 1.807) is 0 Å². The Morgan fingerprint density at radius 3 is 2.32 bits per heavy atom. The summed E-state index contributed by atoms with van der Waals surface area (Å²) >= 11 is 0. The summed E-state index contributed by atoms with van der Waals surface area (Å²) in [4.78, 5) is 23.1. The zero-order valence-corrected chi connectivity index (χ0v) is 17.8. The lowest BCUT2D eigenvalue weighted by molar-refractivity contribution is -0.137. The second-order valence-corrected chi connectivity index (χ2v) is 10.1. The molecule has 1 N–H and O–H groups in total. The van der Waals surface area contributed by atoms with Gasteiger partial charge in [-0.2, -0.15) is 13.8 Å². The molecule has 2 unspecified atom stereocenters. The van der Waals surface area contributed by atoms with Gasteiger partial charge in [0, 0.05) is 31.5 Å². The van der Waals surface area contributed by atoms with E-state index in [9.17, 15) is 27.5 Å². The van der Waals surface area contributed by atoms with Crippen LogP contribution in [-0.2, 0) is 17.1 Å². The van der Waals surface area contributed by atoms with Crippen molar-refractivity contribution in [2.24, 2.45) is 16.7 Å². The first-order valence-corrected chi connectivity index (χ1v) is 10.7.